The number of alkyl halides is 3. The second-order valence-corrected chi connectivity index (χ2v) is 11.2. The molecule has 0 bridgehead atoms. The van der Waals surface area contributed by atoms with Gasteiger partial charge in [-0.1, -0.05) is 24.3 Å². The molecule has 0 saturated carbocycles. The molecule has 47 heavy (non-hydrogen) atoms. The van der Waals surface area contributed by atoms with Gasteiger partial charge in [-0.2, -0.15) is 18.2 Å². The highest BCUT2D eigenvalue weighted by atomic mass is 19.4. The van der Waals surface area contributed by atoms with Crippen molar-refractivity contribution >= 4 is 39.8 Å². The molecule has 1 saturated heterocycles. The molecule has 14 heteroatoms. The fourth-order valence-electron chi connectivity index (χ4n) is 5.51. The molecule has 0 aliphatic carbocycles. The van der Waals surface area contributed by atoms with E-state index < -0.39 is 17.8 Å². The number of urea groups is 1. The lowest BCUT2D eigenvalue weighted by Crippen LogP contribution is -2.32. The van der Waals surface area contributed by atoms with Crippen molar-refractivity contribution in [1.82, 2.24) is 24.8 Å². The van der Waals surface area contributed by atoms with Crippen molar-refractivity contribution in [3.05, 3.63) is 84.8 Å². The summed E-state index contributed by atoms with van der Waals surface area (Å²) in [6.45, 7) is 1.28. The van der Waals surface area contributed by atoms with Crippen LogP contribution in [-0.4, -0.2) is 71.1 Å². The van der Waals surface area contributed by atoms with Crippen LogP contribution in [0.3, 0.4) is 0 Å². The Morgan fingerprint density at radius 3 is 2.49 bits per heavy atom. The third kappa shape index (κ3) is 6.87. The van der Waals surface area contributed by atoms with Crippen LogP contribution in [0, 0.1) is 0 Å². The monoisotopic (exact) mass is 643 g/mol. The molecule has 5 aromatic rings. The van der Waals surface area contributed by atoms with Crippen LogP contribution in [0.1, 0.15) is 12.0 Å². The minimum atomic E-state index is -4.57. The third-order valence-corrected chi connectivity index (χ3v) is 7.95. The zero-order chi connectivity index (χ0) is 33.1. The predicted molar refractivity (Wildman–Crippen MR) is 175 cm³/mol. The molecule has 1 aliphatic heterocycles. The average Bonchev–Trinajstić information content (AvgIpc) is 3.56. The maximum absolute atomic E-state index is 13.7. The largest absolute Gasteiger partial charge is 0.438 e. The molecular weight excluding hydrogens is 611 g/mol. The van der Waals surface area contributed by atoms with Crippen LogP contribution in [0.25, 0.3) is 22.2 Å². The molecule has 1 atom stereocenters. The summed E-state index contributed by atoms with van der Waals surface area (Å²) in [6, 6.07) is 17.2. The van der Waals surface area contributed by atoms with Gasteiger partial charge in [0.15, 0.2) is 5.82 Å². The molecule has 2 aromatic heterocycles. The van der Waals surface area contributed by atoms with Crippen molar-refractivity contribution in [2.24, 2.45) is 0 Å². The fourth-order valence-corrected chi connectivity index (χ4v) is 5.51. The van der Waals surface area contributed by atoms with Crippen LogP contribution in [0.4, 0.5) is 41.0 Å². The van der Waals surface area contributed by atoms with Gasteiger partial charge in [0.25, 0.3) is 0 Å². The molecule has 1 fully saturated rings. The lowest BCUT2D eigenvalue weighted by molar-refractivity contribution is -0.137. The molecule has 11 nitrogen and oxygen atoms in total. The summed E-state index contributed by atoms with van der Waals surface area (Å²) in [5.74, 6) is 1.48. The summed E-state index contributed by atoms with van der Waals surface area (Å²) in [5.41, 5.74) is 0.731. The number of nitrogens with one attached hydrogen (secondary N) is 3. The number of fused-ring (bicyclic) bond motifs is 1. The lowest BCUT2D eigenvalue weighted by Gasteiger charge is -2.25. The summed E-state index contributed by atoms with van der Waals surface area (Å²) < 4.78 is 47.3. The number of pyridine rings is 1. The van der Waals surface area contributed by atoms with Crippen LogP contribution < -0.4 is 25.6 Å². The van der Waals surface area contributed by atoms with E-state index in [-0.39, 0.29) is 17.6 Å². The number of benzene rings is 3. The van der Waals surface area contributed by atoms with Gasteiger partial charge < -0.3 is 30.5 Å². The number of carbonyl (C=O) groups excluding carboxylic acids is 1. The van der Waals surface area contributed by atoms with Gasteiger partial charge in [-0.3, -0.25) is 0 Å². The Balaban J connectivity index is 1.27. The summed E-state index contributed by atoms with van der Waals surface area (Å²) in [4.78, 5) is 34.6. The van der Waals surface area contributed by atoms with Crippen molar-refractivity contribution < 1.29 is 22.7 Å². The van der Waals surface area contributed by atoms with E-state index in [1.165, 1.54) is 12.4 Å². The molecule has 6 rings (SSSR count). The number of aromatic nitrogens is 4. The quantitative estimate of drug-likeness (QED) is 0.169. The number of ether oxygens (including phenoxy) is 1. The van der Waals surface area contributed by atoms with E-state index in [0.717, 1.165) is 18.6 Å². The smallest absolute Gasteiger partial charge is 0.416 e. The predicted octanol–water partition coefficient (Wildman–Crippen LogP) is 6.72. The zero-order valence-corrected chi connectivity index (χ0v) is 25.8. The van der Waals surface area contributed by atoms with Crippen LogP contribution >= 0.6 is 0 Å². The molecule has 1 unspecified atom stereocenters. The number of rotatable bonds is 8. The number of anilines is 4. The second kappa shape index (κ2) is 13.1. The Labute approximate surface area is 268 Å². The van der Waals surface area contributed by atoms with Crippen LogP contribution in [-0.2, 0) is 6.18 Å². The zero-order valence-electron chi connectivity index (χ0n) is 25.8. The summed E-state index contributed by atoms with van der Waals surface area (Å²) in [6.07, 6.45) is -0.737. The van der Waals surface area contributed by atoms with Crippen molar-refractivity contribution in [1.29, 1.82) is 0 Å². The standard InChI is InChI=1S/C33H32F3N9O2/c1-37-31-40-19-39-29(43-31)24-9-6-15-38-30(24)47-28-13-11-25(22-7-4-5-8-23(22)28)41-32(46)42-26-17-20(33(34,35)36)10-12-27(26)45-16-14-21(18-45)44(2)3/h4-13,15,17,19,21H,14,16,18H2,1-3H3,(H2,41,42,46)(H,37,39,40,43). The van der Waals surface area contributed by atoms with Gasteiger partial charge >= 0.3 is 12.2 Å². The highest BCUT2D eigenvalue weighted by molar-refractivity contribution is 6.08. The van der Waals surface area contributed by atoms with Gasteiger partial charge in [-0.05, 0) is 63.0 Å². The minimum Gasteiger partial charge on any atom is -0.438 e. The van der Waals surface area contributed by atoms with Gasteiger partial charge in [0.2, 0.25) is 11.8 Å². The van der Waals surface area contributed by atoms with E-state index in [9.17, 15) is 18.0 Å². The van der Waals surface area contributed by atoms with Crippen molar-refractivity contribution in [2.45, 2.75) is 18.6 Å². The van der Waals surface area contributed by atoms with E-state index in [1.54, 1.807) is 37.5 Å². The Kier molecular flexibility index (Phi) is 8.76. The average molecular weight is 644 g/mol. The van der Waals surface area contributed by atoms with Crippen molar-refractivity contribution in [3.63, 3.8) is 0 Å². The highest BCUT2D eigenvalue weighted by Gasteiger charge is 2.33. The highest BCUT2D eigenvalue weighted by Crippen LogP contribution is 2.39. The van der Waals surface area contributed by atoms with E-state index >= 15 is 0 Å². The lowest BCUT2D eigenvalue weighted by atomic mass is 10.1. The Morgan fingerprint density at radius 2 is 1.74 bits per heavy atom. The van der Waals surface area contributed by atoms with E-state index in [4.69, 9.17) is 4.74 Å². The molecule has 0 radical (unpaired) electrons. The summed E-state index contributed by atoms with van der Waals surface area (Å²) >= 11 is 0. The molecule has 3 aromatic carbocycles. The minimum absolute atomic E-state index is 0.0726. The Hall–Kier alpha value is -5.50. The Bertz CT molecular complexity index is 1920. The molecule has 0 spiro atoms. The van der Waals surface area contributed by atoms with Crippen LogP contribution in [0.2, 0.25) is 0 Å². The molecule has 2 amide bonds. The molecule has 1 aliphatic rings. The van der Waals surface area contributed by atoms with Crippen LogP contribution in [0.15, 0.2) is 79.3 Å². The summed E-state index contributed by atoms with van der Waals surface area (Å²) in [7, 11) is 5.64. The molecule has 242 valence electrons. The van der Waals surface area contributed by atoms with E-state index in [1.807, 2.05) is 43.3 Å². The number of carbonyl (C=O) groups is 1. The topological polar surface area (TPSA) is 120 Å². The normalized spacial score (nSPS) is 14.8. The molecule has 3 N–H and O–H groups in total. The van der Waals surface area contributed by atoms with Gasteiger partial charge in [-0.15, -0.1) is 0 Å². The first-order valence-electron chi connectivity index (χ1n) is 14.8. The van der Waals surface area contributed by atoms with Gasteiger partial charge in [-0.25, -0.2) is 19.7 Å². The SMILES string of the molecule is CNc1ncnc(-c2cccnc2Oc2ccc(NC(=O)Nc3cc(C(F)(F)F)ccc3N3CCC(N(C)C)C3)c3ccccc23)n1. The number of halogens is 3. The number of likely N-dealkylation sites (N-methyl/N-ethyl adjacent to an activating group) is 1. The van der Waals surface area contributed by atoms with Crippen molar-refractivity contribution in [3.8, 4) is 23.0 Å². The van der Waals surface area contributed by atoms with E-state index in [2.05, 4.69) is 40.8 Å². The Morgan fingerprint density at radius 1 is 0.957 bits per heavy atom. The first-order chi connectivity index (χ1) is 22.6. The van der Waals surface area contributed by atoms with Gasteiger partial charge in [0.1, 0.15) is 12.1 Å². The molecular formula is C33H32F3N9O2. The maximum atomic E-state index is 13.7. The second-order valence-electron chi connectivity index (χ2n) is 11.2. The molecule has 3 heterocycles. The van der Waals surface area contributed by atoms with Crippen molar-refractivity contribution in [2.75, 3.05) is 55.1 Å². The van der Waals surface area contributed by atoms with Gasteiger partial charge in [0, 0.05) is 43.1 Å². The fraction of sp³-hybridized carbons (Fsp3) is 0.242. The number of nitrogens with zero attached hydrogens (tertiary/aromatic N) is 6. The van der Waals surface area contributed by atoms with Crippen LogP contribution in [0.5, 0.6) is 11.6 Å². The third-order valence-electron chi connectivity index (χ3n) is 7.95. The first-order valence-corrected chi connectivity index (χ1v) is 14.8. The number of amides is 2. The maximum Gasteiger partial charge on any atom is 0.416 e. The van der Waals surface area contributed by atoms with E-state index in [0.29, 0.717) is 58.3 Å². The van der Waals surface area contributed by atoms with Gasteiger partial charge in [0.05, 0.1) is 28.2 Å². The summed E-state index contributed by atoms with van der Waals surface area (Å²) in [5, 5.41) is 9.69. The number of hydrogen-bond donors (Lipinski definition) is 3. The first kappa shape index (κ1) is 31.5. The number of hydrogen-bond acceptors (Lipinski definition) is 9.